The Balaban J connectivity index is 2.56. The van der Waals surface area contributed by atoms with E-state index in [-0.39, 0.29) is 0 Å². The minimum Gasteiger partial charge on any atom is -0.388 e. The first-order chi connectivity index (χ1) is 9.71. The van der Waals surface area contributed by atoms with Crippen molar-refractivity contribution in [3.63, 3.8) is 0 Å². The van der Waals surface area contributed by atoms with Crippen molar-refractivity contribution >= 4 is 17.6 Å². The Hall–Kier alpha value is -0.710. The van der Waals surface area contributed by atoms with Crippen molar-refractivity contribution in [2.45, 2.75) is 57.3 Å². The molecule has 0 aliphatic rings. The van der Waals surface area contributed by atoms with Gasteiger partial charge in [0.1, 0.15) is 0 Å². The molecular formula is C16H28N2OS. The van der Waals surface area contributed by atoms with E-state index < -0.39 is 6.10 Å². The van der Waals surface area contributed by atoms with Crippen molar-refractivity contribution in [2.24, 2.45) is 5.73 Å². The average molecular weight is 296 g/mol. The molecule has 0 aliphatic heterocycles. The van der Waals surface area contributed by atoms with Crippen LogP contribution in [0.15, 0.2) is 24.3 Å². The van der Waals surface area contributed by atoms with Crippen LogP contribution in [0.5, 0.6) is 0 Å². The fourth-order valence-corrected chi connectivity index (χ4v) is 3.33. The van der Waals surface area contributed by atoms with Gasteiger partial charge in [-0.2, -0.15) is 0 Å². The van der Waals surface area contributed by atoms with E-state index in [4.69, 9.17) is 5.73 Å². The van der Waals surface area contributed by atoms with E-state index in [1.54, 1.807) is 11.9 Å². The zero-order valence-corrected chi connectivity index (χ0v) is 13.5. The summed E-state index contributed by atoms with van der Waals surface area (Å²) in [5.41, 5.74) is 7.48. The van der Waals surface area contributed by atoms with Crippen LogP contribution in [-0.4, -0.2) is 16.9 Å². The second-order valence-corrected chi connectivity index (χ2v) is 6.24. The molecule has 1 atom stereocenters. The standard InChI is InChI=1S/C16H28N2OS/c1-3-6-15(7-4-2)20-18-14-9-5-8-13(12-14)16(19)10-11-17/h5,8-9,12,15-16,18-19H,3-4,6-7,10-11,17H2,1-2H3. The Kier molecular flexibility index (Phi) is 8.74. The number of hydrogen-bond acceptors (Lipinski definition) is 4. The minimum atomic E-state index is -0.464. The summed E-state index contributed by atoms with van der Waals surface area (Å²) in [5.74, 6) is 0. The summed E-state index contributed by atoms with van der Waals surface area (Å²) in [4.78, 5) is 0. The SMILES string of the molecule is CCCC(CCC)SNc1cccc(C(O)CCN)c1. The van der Waals surface area contributed by atoms with Crippen LogP contribution in [-0.2, 0) is 0 Å². The molecule has 0 saturated carbocycles. The quantitative estimate of drug-likeness (QED) is 0.569. The molecule has 0 aromatic heterocycles. The fourth-order valence-electron chi connectivity index (χ4n) is 2.19. The van der Waals surface area contributed by atoms with Gasteiger partial charge in [0.2, 0.25) is 0 Å². The van der Waals surface area contributed by atoms with Gasteiger partial charge in [-0.25, -0.2) is 0 Å². The molecule has 1 aromatic rings. The van der Waals surface area contributed by atoms with Crippen LogP contribution in [0.2, 0.25) is 0 Å². The first-order valence-corrected chi connectivity index (χ1v) is 8.48. The van der Waals surface area contributed by atoms with Gasteiger partial charge in [-0.3, -0.25) is 0 Å². The highest BCUT2D eigenvalue weighted by molar-refractivity contribution is 8.01. The molecular weight excluding hydrogens is 268 g/mol. The van der Waals surface area contributed by atoms with E-state index in [0.29, 0.717) is 18.2 Å². The predicted molar refractivity (Wildman–Crippen MR) is 89.9 cm³/mol. The Labute approximate surface area is 127 Å². The molecule has 114 valence electrons. The monoisotopic (exact) mass is 296 g/mol. The van der Waals surface area contributed by atoms with Gasteiger partial charge >= 0.3 is 0 Å². The summed E-state index contributed by atoms with van der Waals surface area (Å²) < 4.78 is 3.43. The molecule has 1 aromatic carbocycles. The first kappa shape index (κ1) is 17.3. The topological polar surface area (TPSA) is 58.3 Å². The van der Waals surface area contributed by atoms with E-state index in [2.05, 4.69) is 18.6 Å². The highest BCUT2D eigenvalue weighted by Gasteiger charge is 2.09. The number of anilines is 1. The van der Waals surface area contributed by atoms with Crippen LogP contribution in [0.3, 0.4) is 0 Å². The molecule has 3 nitrogen and oxygen atoms in total. The van der Waals surface area contributed by atoms with Crippen molar-refractivity contribution in [2.75, 3.05) is 11.3 Å². The normalized spacial score (nSPS) is 12.7. The van der Waals surface area contributed by atoms with Gasteiger partial charge in [-0.1, -0.05) is 38.8 Å². The van der Waals surface area contributed by atoms with Gasteiger partial charge in [-0.05, 0) is 55.5 Å². The summed E-state index contributed by atoms with van der Waals surface area (Å²) in [7, 11) is 0. The number of nitrogens with one attached hydrogen (secondary N) is 1. The summed E-state index contributed by atoms with van der Waals surface area (Å²) in [5, 5.41) is 10.6. The van der Waals surface area contributed by atoms with Crippen molar-refractivity contribution in [1.82, 2.24) is 0 Å². The largest absolute Gasteiger partial charge is 0.388 e. The molecule has 0 radical (unpaired) electrons. The summed E-state index contributed by atoms with van der Waals surface area (Å²) in [6.07, 6.45) is 5.05. The molecule has 0 aliphatic carbocycles. The molecule has 0 fully saturated rings. The second kappa shape index (κ2) is 10.1. The average Bonchev–Trinajstić information content (AvgIpc) is 2.46. The van der Waals surface area contributed by atoms with E-state index in [9.17, 15) is 5.11 Å². The first-order valence-electron chi connectivity index (χ1n) is 7.61. The van der Waals surface area contributed by atoms with E-state index in [1.165, 1.54) is 25.7 Å². The van der Waals surface area contributed by atoms with Crippen molar-refractivity contribution in [1.29, 1.82) is 0 Å². The molecule has 0 heterocycles. The molecule has 1 unspecified atom stereocenters. The van der Waals surface area contributed by atoms with Gasteiger partial charge < -0.3 is 15.6 Å². The van der Waals surface area contributed by atoms with Crippen LogP contribution in [0.25, 0.3) is 0 Å². The fraction of sp³-hybridized carbons (Fsp3) is 0.625. The zero-order chi connectivity index (χ0) is 14.8. The van der Waals surface area contributed by atoms with Crippen LogP contribution >= 0.6 is 11.9 Å². The third-order valence-electron chi connectivity index (χ3n) is 3.28. The summed E-state index contributed by atoms with van der Waals surface area (Å²) in [6, 6.07) is 7.99. The van der Waals surface area contributed by atoms with Gasteiger partial charge in [0.25, 0.3) is 0 Å². The van der Waals surface area contributed by atoms with Gasteiger partial charge in [0.05, 0.1) is 6.10 Å². The third kappa shape index (κ3) is 6.16. The lowest BCUT2D eigenvalue weighted by Gasteiger charge is -2.17. The highest BCUT2D eigenvalue weighted by Crippen LogP contribution is 2.26. The smallest absolute Gasteiger partial charge is 0.0802 e. The van der Waals surface area contributed by atoms with Crippen LogP contribution < -0.4 is 10.5 Å². The van der Waals surface area contributed by atoms with E-state index in [0.717, 1.165) is 11.3 Å². The number of hydrogen-bond donors (Lipinski definition) is 3. The Morgan fingerprint density at radius 3 is 2.50 bits per heavy atom. The predicted octanol–water partition coefficient (Wildman–Crippen LogP) is 4.10. The second-order valence-electron chi connectivity index (χ2n) is 5.14. The molecule has 0 amide bonds. The molecule has 0 bridgehead atoms. The number of benzene rings is 1. The van der Waals surface area contributed by atoms with Crippen LogP contribution in [0.1, 0.15) is 57.6 Å². The highest BCUT2D eigenvalue weighted by atomic mass is 32.2. The number of aliphatic hydroxyl groups is 1. The third-order valence-corrected chi connectivity index (χ3v) is 4.43. The Morgan fingerprint density at radius 1 is 1.20 bits per heavy atom. The number of rotatable bonds is 10. The lowest BCUT2D eigenvalue weighted by atomic mass is 10.1. The molecule has 0 spiro atoms. The van der Waals surface area contributed by atoms with Gasteiger partial charge in [-0.15, -0.1) is 0 Å². The lowest BCUT2D eigenvalue weighted by molar-refractivity contribution is 0.170. The van der Waals surface area contributed by atoms with Crippen molar-refractivity contribution < 1.29 is 5.11 Å². The van der Waals surface area contributed by atoms with E-state index >= 15 is 0 Å². The van der Waals surface area contributed by atoms with Crippen LogP contribution in [0.4, 0.5) is 5.69 Å². The van der Waals surface area contributed by atoms with Gasteiger partial charge in [0, 0.05) is 10.9 Å². The maximum Gasteiger partial charge on any atom is 0.0802 e. The maximum atomic E-state index is 9.98. The molecule has 1 rings (SSSR count). The van der Waals surface area contributed by atoms with Crippen molar-refractivity contribution in [3.8, 4) is 0 Å². The lowest BCUT2D eigenvalue weighted by Crippen LogP contribution is -2.07. The zero-order valence-electron chi connectivity index (χ0n) is 12.6. The molecule has 0 saturated heterocycles. The van der Waals surface area contributed by atoms with E-state index in [1.807, 2.05) is 24.3 Å². The maximum absolute atomic E-state index is 9.98. The molecule has 20 heavy (non-hydrogen) atoms. The number of nitrogens with two attached hydrogens (primary N) is 1. The summed E-state index contributed by atoms with van der Waals surface area (Å²) >= 11 is 1.80. The van der Waals surface area contributed by atoms with Gasteiger partial charge in [0.15, 0.2) is 0 Å². The summed E-state index contributed by atoms with van der Waals surface area (Å²) in [6.45, 7) is 4.96. The van der Waals surface area contributed by atoms with Crippen LogP contribution in [0, 0.1) is 0 Å². The minimum absolute atomic E-state index is 0.464. The number of aliphatic hydroxyl groups excluding tert-OH is 1. The molecule has 4 heteroatoms. The van der Waals surface area contributed by atoms with Crippen molar-refractivity contribution in [3.05, 3.63) is 29.8 Å². The molecule has 4 N–H and O–H groups in total. The Morgan fingerprint density at radius 2 is 1.90 bits per heavy atom. The Bertz CT molecular complexity index is 367.